The molecule has 5 aromatic carbocycles. The van der Waals surface area contributed by atoms with E-state index in [0.29, 0.717) is 0 Å². The van der Waals surface area contributed by atoms with Crippen LogP contribution in [0.15, 0.2) is 140 Å². The summed E-state index contributed by atoms with van der Waals surface area (Å²) in [6.07, 6.45) is 0. The summed E-state index contributed by atoms with van der Waals surface area (Å²) in [7, 11) is -0.0915. The van der Waals surface area contributed by atoms with E-state index in [2.05, 4.69) is 151 Å². The maximum Gasteiger partial charge on any atom is 0.142 e. The van der Waals surface area contributed by atoms with E-state index in [4.69, 9.17) is 4.74 Å². The number of rotatable bonds is 8. The highest BCUT2D eigenvalue weighted by molar-refractivity contribution is 7.90. The van der Waals surface area contributed by atoms with E-state index in [1.807, 2.05) is 0 Å². The van der Waals surface area contributed by atoms with Gasteiger partial charge < -0.3 is 9.18 Å². The molecule has 0 bridgehead atoms. The number of benzene rings is 5. The zero-order valence-electron chi connectivity index (χ0n) is 20.5. The maximum atomic E-state index is 6.03. The minimum absolute atomic E-state index is 0.897. The molecule has 0 saturated heterocycles. The maximum absolute atomic E-state index is 6.03. The summed E-state index contributed by atoms with van der Waals surface area (Å²) >= 11 is 0. The lowest BCUT2D eigenvalue weighted by atomic mass is 10.2. The summed E-state index contributed by atoms with van der Waals surface area (Å²) in [5, 5.41) is 5.23. The third kappa shape index (κ3) is 5.07. The molecule has 0 heterocycles. The molecule has 36 heavy (non-hydrogen) atoms. The van der Waals surface area contributed by atoms with Crippen LogP contribution in [0, 0.1) is 6.92 Å². The van der Waals surface area contributed by atoms with Gasteiger partial charge in [0.25, 0.3) is 0 Å². The van der Waals surface area contributed by atoms with Gasteiger partial charge in [-0.05, 0) is 18.6 Å². The van der Waals surface area contributed by atoms with E-state index in [1.165, 1.54) is 26.8 Å². The van der Waals surface area contributed by atoms with Crippen molar-refractivity contribution >= 4 is 43.1 Å². The van der Waals surface area contributed by atoms with E-state index >= 15 is 0 Å². The Balaban J connectivity index is 1.86. The number of hydrogen-bond acceptors (Lipinski definition) is 2. The van der Waals surface area contributed by atoms with Gasteiger partial charge in [-0.2, -0.15) is 0 Å². The number of hydrogen-bond donors (Lipinski definition) is 0. The van der Waals surface area contributed by atoms with Gasteiger partial charge in [-0.1, -0.05) is 133 Å². The summed E-state index contributed by atoms with van der Waals surface area (Å²) in [4.78, 5) is 0. The van der Waals surface area contributed by atoms with E-state index < -0.39 is 16.1 Å². The Kier molecular flexibility index (Phi) is 7.77. The number of para-hydroxylation sites is 1. The number of anilines is 1. The van der Waals surface area contributed by atoms with Crippen molar-refractivity contribution in [2.75, 3.05) is 11.6 Å². The highest BCUT2D eigenvalue weighted by Crippen LogP contribution is 2.59. The van der Waals surface area contributed by atoms with Crippen LogP contribution in [-0.4, -0.2) is 7.11 Å². The average molecular weight is 506 g/mol. The summed E-state index contributed by atoms with van der Waals surface area (Å²) < 4.78 is 8.70. The minimum Gasteiger partial charge on any atom is -0.495 e. The SMILES string of the molecule is COc1cccc(C)c1N(P(c1ccccc1)c1ccccc1)P(c1ccccc1)c1ccccc1. The normalized spacial score (nSPS) is 11.0. The highest BCUT2D eigenvalue weighted by Gasteiger charge is 2.34. The van der Waals surface area contributed by atoms with E-state index in [9.17, 15) is 0 Å². The Bertz CT molecular complexity index is 1220. The van der Waals surface area contributed by atoms with Crippen molar-refractivity contribution in [2.24, 2.45) is 0 Å². The lowest BCUT2D eigenvalue weighted by Gasteiger charge is -2.41. The second-order valence-corrected chi connectivity index (χ2v) is 12.8. The van der Waals surface area contributed by atoms with Gasteiger partial charge in [0.05, 0.1) is 28.9 Å². The molecule has 0 radical (unpaired) electrons. The second kappa shape index (κ2) is 11.5. The minimum atomic E-state index is -0.933. The van der Waals surface area contributed by atoms with Crippen molar-refractivity contribution < 1.29 is 4.74 Å². The summed E-state index contributed by atoms with van der Waals surface area (Å²) in [5.74, 6) is 0.897. The molecule has 0 spiro atoms. The van der Waals surface area contributed by atoms with Crippen molar-refractivity contribution in [1.29, 1.82) is 0 Å². The summed E-state index contributed by atoms with van der Waals surface area (Å²) in [6.45, 7) is 2.19. The van der Waals surface area contributed by atoms with Gasteiger partial charge in [0, 0.05) is 21.2 Å². The molecule has 0 N–H and O–H groups in total. The lowest BCUT2D eigenvalue weighted by Crippen LogP contribution is -2.32. The molecule has 5 aromatic rings. The molecule has 0 aliphatic rings. The molecule has 0 aliphatic heterocycles. The largest absolute Gasteiger partial charge is 0.495 e. The van der Waals surface area contributed by atoms with E-state index in [0.717, 1.165) is 11.4 Å². The van der Waals surface area contributed by atoms with E-state index in [-0.39, 0.29) is 0 Å². The van der Waals surface area contributed by atoms with Crippen LogP contribution in [0.4, 0.5) is 5.69 Å². The lowest BCUT2D eigenvalue weighted by molar-refractivity contribution is 0.416. The fraction of sp³-hybridized carbons (Fsp3) is 0.0625. The van der Waals surface area contributed by atoms with Gasteiger partial charge in [0.2, 0.25) is 0 Å². The Hall–Kier alpha value is -3.44. The Morgan fingerprint density at radius 3 is 1.17 bits per heavy atom. The zero-order chi connectivity index (χ0) is 24.7. The Labute approximate surface area is 216 Å². The third-order valence-corrected chi connectivity index (χ3v) is 11.4. The average Bonchev–Trinajstić information content (AvgIpc) is 2.95. The molecule has 2 nitrogen and oxygen atoms in total. The zero-order valence-corrected chi connectivity index (χ0v) is 22.3. The van der Waals surface area contributed by atoms with Crippen LogP contribution in [-0.2, 0) is 0 Å². The molecule has 0 aliphatic carbocycles. The van der Waals surface area contributed by atoms with Crippen LogP contribution < -0.4 is 30.4 Å². The molecule has 5 rings (SSSR count). The van der Waals surface area contributed by atoms with Gasteiger partial charge in [0.1, 0.15) is 5.75 Å². The van der Waals surface area contributed by atoms with Crippen LogP contribution in [0.1, 0.15) is 5.56 Å². The monoisotopic (exact) mass is 505 g/mol. The second-order valence-electron chi connectivity index (χ2n) is 8.38. The molecule has 0 amide bonds. The molecule has 0 fully saturated rings. The van der Waals surface area contributed by atoms with Crippen molar-refractivity contribution in [3.8, 4) is 5.75 Å². The topological polar surface area (TPSA) is 12.5 Å². The predicted octanol–water partition coefficient (Wildman–Crippen LogP) is 6.91. The fourth-order valence-corrected chi connectivity index (χ4v) is 10.5. The van der Waals surface area contributed by atoms with Gasteiger partial charge in [0.15, 0.2) is 0 Å². The quantitative estimate of drug-likeness (QED) is 0.213. The van der Waals surface area contributed by atoms with Crippen LogP contribution >= 0.6 is 16.1 Å². The molecule has 4 heteroatoms. The van der Waals surface area contributed by atoms with Crippen LogP contribution in [0.3, 0.4) is 0 Å². The summed E-state index contributed by atoms with van der Waals surface area (Å²) in [5.41, 5.74) is 2.35. The van der Waals surface area contributed by atoms with Crippen LogP contribution in [0.2, 0.25) is 0 Å². The fourth-order valence-electron chi connectivity index (χ4n) is 4.35. The standard InChI is InChI=1S/C32H29NOP2/c1-26-16-15-25-31(34-2)32(26)33(35(27-17-7-3-8-18-27)28-19-9-4-10-20-28)36(29-21-11-5-12-22-29)30-23-13-6-14-24-30/h3-25H,1-2H3. The molecule has 0 aromatic heterocycles. The van der Waals surface area contributed by atoms with Crippen molar-refractivity contribution in [1.82, 2.24) is 0 Å². The molecular formula is C32H29NOP2. The molecule has 0 unspecified atom stereocenters. The number of nitrogens with zero attached hydrogens (tertiary/aromatic N) is 1. The van der Waals surface area contributed by atoms with Gasteiger partial charge in [-0.25, -0.2) is 0 Å². The molecule has 0 atom stereocenters. The number of ether oxygens (including phenoxy) is 1. The third-order valence-electron chi connectivity index (χ3n) is 6.00. The first-order valence-corrected chi connectivity index (χ1v) is 14.6. The summed E-state index contributed by atoms with van der Waals surface area (Å²) in [6, 6.07) is 50.0. The number of aryl methyl sites for hydroxylation is 1. The highest BCUT2D eigenvalue weighted by atomic mass is 31.2. The smallest absolute Gasteiger partial charge is 0.142 e. The molecule has 178 valence electrons. The van der Waals surface area contributed by atoms with Crippen molar-refractivity contribution in [2.45, 2.75) is 6.92 Å². The number of methoxy groups -OCH3 is 1. The van der Waals surface area contributed by atoms with Gasteiger partial charge in [-0.3, -0.25) is 0 Å². The van der Waals surface area contributed by atoms with Crippen LogP contribution in [0.5, 0.6) is 5.75 Å². The Morgan fingerprint density at radius 1 is 0.472 bits per heavy atom. The molecule has 0 saturated carbocycles. The van der Waals surface area contributed by atoms with Crippen molar-refractivity contribution in [3.05, 3.63) is 145 Å². The van der Waals surface area contributed by atoms with Gasteiger partial charge >= 0.3 is 0 Å². The predicted molar refractivity (Wildman–Crippen MR) is 158 cm³/mol. The van der Waals surface area contributed by atoms with Gasteiger partial charge in [-0.15, -0.1) is 0 Å². The first kappa shape index (κ1) is 24.3. The van der Waals surface area contributed by atoms with Crippen molar-refractivity contribution in [3.63, 3.8) is 0 Å². The van der Waals surface area contributed by atoms with E-state index in [1.54, 1.807) is 7.11 Å². The first-order chi connectivity index (χ1) is 17.8. The Morgan fingerprint density at radius 2 is 0.833 bits per heavy atom. The first-order valence-electron chi connectivity index (χ1n) is 12.0. The van der Waals surface area contributed by atoms with Crippen LogP contribution in [0.25, 0.3) is 0 Å². The molecular weight excluding hydrogens is 476 g/mol.